The predicted molar refractivity (Wildman–Crippen MR) is 60.4 cm³/mol. The van der Waals surface area contributed by atoms with E-state index in [0.29, 0.717) is 0 Å². The lowest BCUT2D eigenvalue weighted by molar-refractivity contribution is -0.155. The van der Waals surface area contributed by atoms with Gasteiger partial charge in [-0.2, -0.15) is 0 Å². The van der Waals surface area contributed by atoms with Gasteiger partial charge in [-0.3, -0.25) is 4.79 Å². The highest BCUT2D eigenvalue weighted by Crippen LogP contribution is 2.24. The van der Waals surface area contributed by atoms with E-state index in [-0.39, 0.29) is 24.0 Å². The van der Waals surface area contributed by atoms with Crippen LogP contribution in [-0.4, -0.2) is 18.1 Å². The second-order valence-electron chi connectivity index (χ2n) is 4.59. The summed E-state index contributed by atoms with van der Waals surface area (Å²) in [5.41, 5.74) is 5.93. The highest BCUT2D eigenvalue weighted by Gasteiger charge is 2.30. The summed E-state index contributed by atoms with van der Waals surface area (Å²) in [6.07, 6.45) is 6.14. The van der Waals surface area contributed by atoms with Gasteiger partial charge >= 0.3 is 5.97 Å². The number of carbonyl (C=O) groups is 1. The third kappa shape index (κ3) is 3.82. The van der Waals surface area contributed by atoms with Gasteiger partial charge in [0.2, 0.25) is 0 Å². The zero-order valence-electron chi connectivity index (χ0n) is 9.87. The molecule has 0 aromatic carbocycles. The van der Waals surface area contributed by atoms with Crippen LogP contribution in [0.25, 0.3) is 0 Å². The minimum absolute atomic E-state index is 0.0140. The minimum Gasteiger partial charge on any atom is -0.462 e. The van der Waals surface area contributed by atoms with Gasteiger partial charge in [-0.25, -0.2) is 0 Å². The molecule has 1 aliphatic carbocycles. The molecule has 1 saturated carbocycles. The maximum atomic E-state index is 11.8. The number of esters is 1. The van der Waals surface area contributed by atoms with Crippen LogP contribution in [0.2, 0.25) is 0 Å². The van der Waals surface area contributed by atoms with Gasteiger partial charge in [-0.05, 0) is 26.2 Å². The Kier molecular flexibility index (Phi) is 5.09. The van der Waals surface area contributed by atoms with Gasteiger partial charge in [0.15, 0.2) is 0 Å². The highest BCUT2D eigenvalue weighted by atomic mass is 16.5. The van der Waals surface area contributed by atoms with Crippen molar-refractivity contribution < 1.29 is 9.53 Å². The first-order chi connectivity index (χ1) is 7.15. The average Bonchev–Trinajstić information content (AvgIpc) is 2.18. The zero-order chi connectivity index (χ0) is 11.3. The first kappa shape index (κ1) is 12.5. The Morgan fingerprint density at radius 2 is 2.13 bits per heavy atom. The molecular weight excluding hydrogens is 190 g/mol. The lowest BCUT2D eigenvalue weighted by atomic mass is 9.85. The van der Waals surface area contributed by atoms with Gasteiger partial charge in [0.05, 0.1) is 12.0 Å². The van der Waals surface area contributed by atoms with E-state index < -0.39 is 0 Å². The number of carbonyl (C=O) groups excluding carboxylic acids is 1. The predicted octanol–water partition coefficient (Wildman–Crippen LogP) is 2.24. The van der Waals surface area contributed by atoms with Crippen LogP contribution >= 0.6 is 0 Å². The van der Waals surface area contributed by atoms with Gasteiger partial charge in [-0.1, -0.05) is 26.2 Å². The Bertz CT molecular complexity index is 206. The molecule has 3 heteroatoms. The molecule has 15 heavy (non-hydrogen) atoms. The zero-order valence-corrected chi connectivity index (χ0v) is 9.87. The van der Waals surface area contributed by atoms with Crippen LogP contribution in [0.5, 0.6) is 0 Å². The van der Waals surface area contributed by atoms with Crippen molar-refractivity contribution in [3.8, 4) is 0 Å². The minimum atomic E-state index is -0.0804. The molecule has 0 saturated heterocycles. The molecule has 0 spiro atoms. The summed E-state index contributed by atoms with van der Waals surface area (Å²) in [5.74, 6) is -0.138. The Labute approximate surface area is 92.4 Å². The molecule has 0 aromatic heterocycles. The van der Waals surface area contributed by atoms with Crippen LogP contribution in [0.4, 0.5) is 0 Å². The normalized spacial score (nSPS) is 28.5. The van der Waals surface area contributed by atoms with Gasteiger partial charge < -0.3 is 10.5 Å². The number of hydrogen-bond donors (Lipinski definition) is 1. The second kappa shape index (κ2) is 6.11. The number of hydrogen-bond acceptors (Lipinski definition) is 3. The third-order valence-electron chi connectivity index (χ3n) is 3.13. The van der Waals surface area contributed by atoms with E-state index in [0.717, 1.165) is 38.5 Å². The summed E-state index contributed by atoms with van der Waals surface area (Å²) < 4.78 is 5.38. The largest absolute Gasteiger partial charge is 0.462 e. The summed E-state index contributed by atoms with van der Waals surface area (Å²) >= 11 is 0. The molecule has 1 rings (SSSR count). The molecule has 0 radical (unpaired) electrons. The number of rotatable bonds is 4. The molecule has 3 atom stereocenters. The maximum Gasteiger partial charge on any atom is 0.310 e. The van der Waals surface area contributed by atoms with Gasteiger partial charge in [0.1, 0.15) is 0 Å². The fourth-order valence-electron chi connectivity index (χ4n) is 2.20. The van der Waals surface area contributed by atoms with Crippen LogP contribution in [0.1, 0.15) is 52.4 Å². The maximum absolute atomic E-state index is 11.8. The first-order valence-electron chi connectivity index (χ1n) is 6.11. The summed E-state index contributed by atoms with van der Waals surface area (Å²) in [6, 6.07) is 0.0140. The second-order valence-corrected chi connectivity index (χ2v) is 4.59. The SMILES string of the molecule is CCCC(C)OC(=O)C1CCCCC1N. The van der Waals surface area contributed by atoms with E-state index in [1.807, 2.05) is 6.92 Å². The fraction of sp³-hybridized carbons (Fsp3) is 0.917. The molecule has 1 aliphatic rings. The summed E-state index contributed by atoms with van der Waals surface area (Å²) in [4.78, 5) is 11.8. The summed E-state index contributed by atoms with van der Waals surface area (Å²) in [6.45, 7) is 4.05. The standard InChI is InChI=1S/C12H23NO2/c1-3-6-9(2)15-12(14)10-7-4-5-8-11(10)13/h9-11H,3-8,13H2,1-2H3. The Hall–Kier alpha value is -0.570. The van der Waals surface area contributed by atoms with Crippen molar-refractivity contribution in [3.05, 3.63) is 0 Å². The molecule has 88 valence electrons. The molecular formula is C12H23NO2. The Balaban J connectivity index is 2.37. The molecule has 1 fully saturated rings. The van der Waals surface area contributed by atoms with Crippen molar-refractivity contribution in [2.45, 2.75) is 64.5 Å². The van der Waals surface area contributed by atoms with E-state index in [1.165, 1.54) is 0 Å². The van der Waals surface area contributed by atoms with Crippen LogP contribution in [0, 0.1) is 5.92 Å². The first-order valence-corrected chi connectivity index (χ1v) is 6.11. The van der Waals surface area contributed by atoms with Crippen LogP contribution in [0.3, 0.4) is 0 Å². The van der Waals surface area contributed by atoms with Gasteiger partial charge in [0, 0.05) is 6.04 Å². The number of nitrogens with two attached hydrogens (primary N) is 1. The quantitative estimate of drug-likeness (QED) is 0.729. The highest BCUT2D eigenvalue weighted by molar-refractivity contribution is 5.73. The molecule has 0 amide bonds. The molecule has 0 aromatic rings. The third-order valence-corrected chi connectivity index (χ3v) is 3.13. The van der Waals surface area contributed by atoms with Crippen molar-refractivity contribution in [1.82, 2.24) is 0 Å². The van der Waals surface area contributed by atoms with Crippen molar-refractivity contribution >= 4 is 5.97 Å². The van der Waals surface area contributed by atoms with Crippen LogP contribution in [-0.2, 0) is 9.53 Å². The van der Waals surface area contributed by atoms with E-state index in [9.17, 15) is 4.79 Å². The van der Waals surface area contributed by atoms with Crippen molar-refractivity contribution in [2.75, 3.05) is 0 Å². The fourth-order valence-corrected chi connectivity index (χ4v) is 2.20. The lowest BCUT2D eigenvalue weighted by Gasteiger charge is -2.27. The summed E-state index contributed by atoms with van der Waals surface area (Å²) in [5, 5.41) is 0. The Morgan fingerprint density at radius 1 is 1.47 bits per heavy atom. The Morgan fingerprint density at radius 3 is 2.73 bits per heavy atom. The van der Waals surface area contributed by atoms with Crippen LogP contribution in [0.15, 0.2) is 0 Å². The van der Waals surface area contributed by atoms with Gasteiger partial charge in [-0.15, -0.1) is 0 Å². The van der Waals surface area contributed by atoms with Crippen molar-refractivity contribution in [2.24, 2.45) is 11.7 Å². The smallest absolute Gasteiger partial charge is 0.310 e. The van der Waals surface area contributed by atoms with E-state index in [4.69, 9.17) is 10.5 Å². The van der Waals surface area contributed by atoms with Crippen molar-refractivity contribution in [3.63, 3.8) is 0 Å². The molecule has 0 aliphatic heterocycles. The van der Waals surface area contributed by atoms with E-state index in [1.54, 1.807) is 0 Å². The van der Waals surface area contributed by atoms with E-state index >= 15 is 0 Å². The van der Waals surface area contributed by atoms with Gasteiger partial charge in [0.25, 0.3) is 0 Å². The van der Waals surface area contributed by atoms with Crippen molar-refractivity contribution in [1.29, 1.82) is 0 Å². The van der Waals surface area contributed by atoms with Crippen LogP contribution < -0.4 is 5.73 Å². The average molecular weight is 213 g/mol. The lowest BCUT2D eigenvalue weighted by Crippen LogP contribution is -2.39. The molecule has 2 N–H and O–H groups in total. The molecule has 0 heterocycles. The monoisotopic (exact) mass is 213 g/mol. The summed E-state index contributed by atoms with van der Waals surface area (Å²) in [7, 11) is 0. The topological polar surface area (TPSA) is 52.3 Å². The van der Waals surface area contributed by atoms with E-state index in [2.05, 4.69) is 6.92 Å². The number of ether oxygens (including phenoxy) is 1. The molecule has 3 nitrogen and oxygen atoms in total. The molecule has 0 bridgehead atoms. The molecule has 3 unspecified atom stereocenters.